The molecule has 0 aliphatic carbocycles. The number of imidazole rings is 1. The summed E-state index contributed by atoms with van der Waals surface area (Å²) < 4.78 is 0. The monoisotopic (exact) mass is 271 g/mol. The number of carbonyl (C=O) groups is 1. The lowest BCUT2D eigenvalue weighted by Crippen LogP contribution is -2.48. The minimum absolute atomic E-state index is 0.239. The summed E-state index contributed by atoms with van der Waals surface area (Å²) in [5, 5.41) is 0. The molecule has 3 rings (SSSR count). The van der Waals surface area contributed by atoms with Crippen LogP contribution in [0.25, 0.3) is 11.0 Å². The van der Waals surface area contributed by atoms with Gasteiger partial charge in [-0.3, -0.25) is 4.79 Å². The Labute approximate surface area is 119 Å². The van der Waals surface area contributed by atoms with Crippen LogP contribution in [0, 0.1) is 0 Å². The van der Waals surface area contributed by atoms with Gasteiger partial charge in [0.2, 0.25) is 5.91 Å². The maximum absolute atomic E-state index is 12.6. The Morgan fingerprint density at radius 1 is 1.35 bits per heavy atom. The van der Waals surface area contributed by atoms with Crippen LogP contribution in [0.15, 0.2) is 24.5 Å². The van der Waals surface area contributed by atoms with E-state index in [9.17, 15) is 4.79 Å². The molecule has 0 saturated carbocycles. The molecule has 1 amide bonds. The molecule has 1 N–H and O–H groups in total. The number of piperidine rings is 1. The topological polar surface area (TPSA) is 49.0 Å². The fourth-order valence-corrected chi connectivity index (χ4v) is 3.27. The Morgan fingerprint density at radius 2 is 2.10 bits per heavy atom. The van der Waals surface area contributed by atoms with E-state index < -0.39 is 0 Å². The van der Waals surface area contributed by atoms with Crippen molar-refractivity contribution in [2.75, 3.05) is 0 Å². The van der Waals surface area contributed by atoms with Crippen molar-refractivity contribution in [1.82, 2.24) is 14.9 Å². The van der Waals surface area contributed by atoms with Crippen LogP contribution in [-0.2, 0) is 11.2 Å². The number of aromatic nitrogens is 2. The lowest BCUT2D eigenvalue weighted by atomic mass is 9.96. The highest BCUT2D eigenvalue weighted by molar-refractivity contribution is 5.82. The minimum atomic E-state index is 0.239. The van der Waals surface area contributed by atoms with Gasteiger partial charge in [0, 0.05) is 12.1 Å². The molecular formula is C16H21N3O. The fourth-order valence-electron chi connectivity index (χ4n) is 3.27. The van der Waals surface area contributed by atoms with Crippen LogP contribution in [0.2, 0.25) is 0 Å². The van der Waals surface area contributed by atoms with Crippen LogP contribution in [-0.4, -0.2) is 32.9 Å². The van der Waals surface area contributed by atoms with E-state index in [0.29, 0.717) is 18.5 Å². The number of fused-ring (bicyclic) bond motifs is 1. The summed E-state index contributed by atoms with van der Waals surface area (Å²) in [7, 11) is 0. The predicted octanol–water partition coefficient (Wildman–Crippen LogP) is 2.89. The van der Waals surface area contributed by atoms with Gasteiger partial charge in [-0.1, -0.05) is 6.07 Å². The van der Waals surface area contributed by atoms with E-state index in [1.165, 1.54) is 6.42 Å². The van der Waals surface area contributed by atoms with Gasteiger partial charge in [-0.05, 0) is 50.8 Å². The molecule has 4 heteroatoms. The summed E-state index contributed by atoms with van der Waals surface area (Å²) in [6.07, 6.45) is 5.63. The molecule has 0 bridgehead atoms. The molecule has 0 radical (unpaired) electrons. The summed E-state index contributed by atoms with van der Waals surface area (Å²) in [4.78, 5) is 21.9. The van der Waals surface area contributed by atoms with Crippen molar-refractivity contribution in [3.63, 3.8) is 0 Å². The van der Waals surface area contributed by atoms with Gasteiger partial charge < -0.3 is 9.88 Å². The zero-order valence-corrected chi connectivity index (χ0v) is 12.1. The molecule has 0 spiro atoms. The predicted molar refractivity (Wildman–Crippen MR) is 79.4 cm³/mol. The first-order valence-corrected chi connectivity index (χ1v) is 7.38. The molecule has 106 valence electrons. The molecule has 1 aliphatic rings. The number of likely N-dealkylation sites (tertiary alicyclic amines) is 1. The second-order valence-corrected chi connectivity index (χ2v) is 5.86. The third-order valence-electron chi connectivity index (χ3n) is 4.32. The maximum atomic E-state index is 12.6. The van der Waals surface area contributed by atoms with Crippen LogP contribution < -0.4 is 0 Å². The summed E-state index contributed by atoms with van der Waals surface area (Å²) in [5.41, 5.74) is 2.99. The molecule has 4 nitrogen and oxygen atoms in total. The van der Waals surface area contributed by atoms with Crippen molar-refractivity contribution in [3.8, 4) is 0 Å². The summed E-state index contributed by atoms with van der Waals surface area (Å²) in [6.45, 7) is 4.32. The van der Waals surface area contributed by atoms with E-state index in [1.54, 1.807) is 6.33 Å². The number of hydrogen-bond acceptors (Lipinski definition) is 2. The largest absolute Gasteiger partial charge is 0.345 e. The van der Waals surface area contributed by atoms with Gasteiger partial charge in [0.25, 0.3) is 0 Å². The highest BCUT2D eigenvalue weighted by atomic mass is 16.2. The molecule has 1 aromatic carbocycles. The zero-order chi connectivity index (χ0) is 14.1. The lowest BCUT2D eigenvalue weighted by Gasteiger charge is -2.39. The average molecular weight is 271 g/mol. The Kier molecular flexibility index (Phi) is 3.47. The molecule has 2 unspecified atom stereocenters. The molecule has 1 saturated heterocycles. The van der Waals surface area contributed by atoms with Crippen LogP contribution in [0.5, 0.6) is 0 Å². The average Bonchev–Trinajstić information content (AvgIpc) is 2.85. The highest BCUT2D eigenvalue weighted by Crippen LogP contribution is 2.23. The van der Waals surface area contributed by atoms with Gasteiger partial charge in [-0.25, -0.2) is 4.98 Å². The first-order valence-electron chi connectivity index (χ1n) is 7.38. The van der Waals surface area contributed by atoms with Crippen molar-refractivity contribution >= 4 is 16.9 Å². The van der Waals surface area contributed by atoms with Gasteiger partial charge in [0.05, 0.1) is 23.8 Å². The van der Waals surface area contributed by atoms with Gasteiger partial charge in [0.1, 0.15) is 0 Å². The minimum Gasteiger partial charge on any atom is -0.345 e. The second-order valence-electron chi connectivity index (χ2n) is 5.86. The van der Waals surface area contributed by atoms with E-state index in [2.05, 4.69) is 28.7 Å². The number of aromatic amines is 1. The molecule has 1 aliphatic heterocycles. The van der Waals surface area contributed by atoms with Crippen molar-refractivity contribution in [1.29, 1.82) is 0 Å². The zero-order valence-electron chi connectivity index (χ0n) is 12.1. The van der Waals surface area contributed by atoms with E-state index >= 15 is 0 Å². The molecule has 2 aromatic rings. The van der Waals surface area contributed by atoms with E-state index in [-0.39, 0.29) is 5.91 Å². The van der Waals surface area contributed by atoms with Crippen molar-refractivity contribution < 1.29 is 4.79 Å². The summed E-state index contributed by atoms with van der Waals surface area (Å²) in [5.74, 6) is 0.239. The van der Waals surface area contributed by atoms with Gasteiger partial charge in [0.15, 0.2) is 0 Å². The molecule has 2 atom stereocenters. The van der Waals surface area contributed by atoms with Gasteiger partial charge >= 0.3 is 0 Å². The highest BCUT2D eigenvalue weighted by Gasteiger charge is 2.28. The van der Waals surface area contributed by atoms with Crippen molar-refractivity contribution in [2.24, 2.45) is 0 Å². The number of carbonyl (C=O) groups excluding carboxylic acids is 1. The number of benzene rings is 1. The molecule has 1 fully saturated rings. The second kappa shape index (κ2) is 5.27. The Bertz CT molecular complexity index is 609. The SMILES string of the molecule is CC1CCCC(C)N1C(=O)Cc1ccc2nc[nH]c2c1. The molecule has 20 heavy (non-hydrogen) atoms. The summed E-state index contributed by atoms with van der Waals surface area (Å²) in [6, 6.07) is 6.72. The van der Waals surface area contributed by atoms with Crippen molar-refractivity contribution in [3.05, 3.63) is 30.1 Å². The van der Waals surface area contributed by atoms with Gasteiger partial charge in [-0.2, -0.15) is 0 Å². The van der Waals surface area contributed by atoms with Gasteiger partial charge in [-0.15, -0.1) is 0 Å². The number of nitrogens with zero attached hydrogens (tertiary/aromatic N) is 2. The fraction of sp³-hybridized carbons (Fsp3) is 0.500. The first kappa shape index (κ1) is 13.2. The van der Waals surface area contributed by atoms with Crippen LogP contribution >= 0.6 is 0 Å². The Morgan fingerprint density at radius 3 is 2.85 bits per heavy atom. The lowest BCUT2D eigenvalue weighted by molar-refractivity contribution is -0.136. The molecular weight excluding hydrogens is 250 g/mol. The Balaban J connectivity index is 1.77. The van der Waals surface area contributed by atoms with E-state index in [1.807, 2.05) is 18.2 Å². The van der Waals surface area contributed by atoms with E-state index in [4.69, 9.17) is 0 Å². The number of amides is 1. The summed E-state index contributed by atoms with van der Waals surface area (Å²) >= 11 is 0. The molecule has 1 aromatic heterocycles. The third kappa shape index (κ3) is 2.42. The smallest absolute Gasteiger partial charge is 0.227 e. The number of hydrogen-bond donors (Lipinski definition) is 1. The Hall–Kier alpha value is -1.84. The van der Waals surface area contributed by atoms with E-state index in [0.717, 1.165) is 29.4 Å². The molecule has 2 heterocycles. The van der Waals surface area contributed by atoms with Crippen LogP contribution in [0.3, 0.4) is 0 Å². The third-order valence-corrected chi connectivity index (χ3v) is 4.32. The standard InChI is InChI=1S/C16H21N3O/c1-11-4-3-5-12(2)19(11)16(20)9-13-6-7-14-15(8-13)18-10-17-14/h6-8,10-12H,3-5,9H2,1-2H3,(H,17,18). The normalized spacial score (nSPS) is 23.2. The maximum Gasteiger partial charge on any atom is 0.227 e. The quantitative estimate of drug-likeness (QED) is 0.913. The first-order chi connectivity index (χ1) is 9.65. The number of H-pyrrole nitrogens is 1. The number of rotatable bonds is 2. The number of nitrogens with one attached hydrogen (secondary N) is 1. The van der Waals surface area contributed by atoms with Crippen molar-refractivity contribution in [2.45, 2.75) is 51.6 Å². The van der Waals surface area contributed by atoms with Crippen LogP contribution in [0.1, 0.15) is 38.7 Å². The van der Waals surface area contributed by atoms with Crippen LogP contribution in [0.4, 0.5) is 0 Å².